The van der Waals surface area contributed by atoms with Gasteiger partial charge in [-0.25, -0.2) is 0 Å². The van der Waals surface area contributed by atoms with Gasteiger partial charge >= 0.3 is 5.97 Å². The molecule has 1 saturated carbocycles. The summed E-state index contributed by atoms with van der Waals surface area (Å²) in [5, 5.41) is 11.8. The molecule has 0 aromatic carbocycles. The zero-order chi connectivity index (χ0) is 12.6. The maximum Gasteiger partial charge on any atom is 0.318 e. The van der Waals surface area contributed by atoms with Crippen molar-refractivity contribution in [2.24, 2.45) is 11.3 Å². The number of rotatable bonds is 4. The molecule has 96 valence electrons. The highest BCUT2D eigenvalue weighted by molar-refractivity contribution is 6.01. The molecule has 0 aromatic rings. The van der Waals surface area contributed by atoms with E-state index in [9.17, 15) is 9.59 Å². The van der Waals surface area contributed by atoms with E-state index in [4.69, 9.17) is 9.84 Å². The molecular weight excluding hydrogens is 222 g/mol. The predicted molar refractivity (Wildman–Crippen MR) is 60.4 cm³/mol. The Morgan fingerprint density at radius 3 is 2.47 bits per heavy atom. The molecule has 1 aliphatic heterocycles. The molecule has 2 rings (SSSR count). The standard InChI is InChI=1S/C12H19NO4/c1-12(2,11(15)16)10(14)13-8-5-6-17-9(8)7-3-4-7/h7-9H,3-6H2,1-2H3,(H,13,14)(H,15,16). The Morgan fingerprint density at radius 2 is 1.94 bits per heavy atom. The third kappa shape index (κ3) is 2.44. The van der Waals surface area contributed by atoms with E-state index in [1.54, 1.807) is 0 Å². The molecular formula is C12H19NO4. The van der Waals surface area contributed by atoms with E-state index in [2.05, 4.69) is 5.32 Å². The number of carboxylic acid groups (broad SMARTS) is 1. The summed E-state index contributed by atoms with van der Waals surface area (Å²) in [6.45, 7) is 3.50. The van der Waals surface area contributed by atoms with Gasteiger partial charge in [-0.1, -0.05) is 0 Å². The van der Waals surface area contributed by atoms with Gasteiger partial charge in [0.25, 0.3) is 0 Å². The lowest BCUT2D eigenvalue weighted by Crippen LogP contribution is -2.49. The summed E-state index contributed by atoms with van der Waals surface area (Å²) in [5.74, 6) is -0.973. The van der Waals surface area contributed by atoms with Crippen LogP contribution in [-0.4, -0.2) is 35.7 Å². The lowest BCUT2D eigenvalue weighted by molar-refractivity contribution is -0.153. The number of hydrogen-bond acceptors (Lipinski definition) is 3. The number of ether oxygens (including phenoxy) is 1. The van der Waals surface area contributed by atoms with Crippen LogP contribution >= 0.6 is 0 Å². The van der Waals surface area contributed by atoms with Gasteiger partial charge < -0.3 is 15.2 Å². The zero-order valence-corrected chi connectivity index (χ0v) is 10.2. The SMILES string of the molecule is CC(C)(C(=O)O)C(=O)NC1CCOC1C1CC1. The van der Waals surface area contributed by atoms with Crippen LogP contribution in [0.4, 0.5) is 0 Å². The van der Waals surface area contributed by atoms with Crippen LogP contribution in [0.3, 0.4) is 0 Å². The van der Waals surface area contributed by atoms with E-state index in [-0.39, 0.29) is 12.1 Å². The van der Waals surface area contributed by atoms with Crippen LogP contribution in [0, 0.1) is 11.3 Å². The number of nitrogens with one attached hydrogen (secondary N) is 1. The topological polar surface area (TPSA) is 75.6 Å². The number of carboxylic acids is 1. The number of hydrogen-bond donors (Lipinski definition) is 2. The maximum absolute atomic E-state index is 11.9. The molecule has 5 nitrogen and oxygen atoms in total. The van der Waals surface area contributed by atoms with Gasteiger partial charge in [0.15, 0.2) is 0 Å². The fourth-order valence-electron chi connectivity index (χ4n) is 2.10. The molecule has 1 saturated heterocycles. The molecule has 2 atom stereocenters. The third-order valence-electron chi connectivity index (χ3n) is 3.64. The largest absolute Gasteiger partial charge is 0.480 e. The van der Waals surface area contributed by atoms with Crippen molar-refractivity contribution in [3.8, 4) is 0 Å². The molecule has 1 amide bonds. The fraction of sp³-hybridized carbons (Fsp3) is 0.833. The van der Waals surface area contributed by atoms with Gasteiger partial charge in [-0.2, -0.15) is 0 Å². The van der Waals surface area contributed by atoms with Gasteiger partial charge in [-0.15, -0.1) is 0 Å². The monoisotopic (exact) mass is 241 g/mol. The molecule has 5 heteroatoms. The minimum atomic E-state index is -1.38. The second-order valence-electron chi connectivity index (χ2n) is 5.47. The van der Waals surface area contributed by atoms with Crippen molar-refractivity contribution in [2.75, 3.05) is 6.61 Å². The van der Waals surface area contributed by atoms with Gasteiger partial charge in [-0.3, -0.25) is 9.59 Å². The highest BCUT2D eigenvalue weighted by Crippen LogP contribution is 2.39. The zero-order valence-electron chi connectivity index (χ0n) is 10.2. The summed E-state index contributed by atoms with van der Waals surface area (Å²) in [6.07, 6.45) is 3.17. The van der Waals surface area contributed by atoms with E-state index < -0.39 is 17.3 Å². The van der Waals surface area contributed by atoms with Gasteiger partial charge in [0, 0.05) is 6.61 Å². The average Bonchev–Trinajstić information content (AvgIpc) is 2.99. The van der Waals surface area contributed by atoms with Crippen molar-refractivity contribution < 1.29 is 19.4 Å². The van der Waals surface area contributed by atoms with Crippen LogP contribution < -0.4 is 5.32 Å². The molecule has 0 bridgehead atoms. The summed E-state index contributed by atoms with van der Waals surface area (Å²) in [6, 6.07) is -0.0198. The van der Waals surface area contributed by atoms with Crippen LogP contribution in [0.1, 0.15) is 33.1 Å². The van der Waals surface area contributed by atoms with E-state index in [1.807, 2.05) is 0 Å². The molecule has 0 spiro atoms. The van der Waals surface area contributed by atoms with Gasteiger partial charge in [0.1, 0.15) is 5.41 Å². The number of carbonyl (C=O) groups is 2. The van der Waals surface area contributed by atoms with Gasteiger partial charge in [0.05, 0.1) is 12.1 Å². The number of aliphatic carboxylic acids is 1. The second-order valence-corrected chi connectivity index (χ2v) is 5.47. The Kier molecular flexibility index (Phi) is 3.12. The summed E-state index contributed by atoms with van der Waals surface area (Å²) >= 11 is 0. The van der Waals surface area contributed by atoms with Crippen LogP contribution in [0.5, 0.6) is 0 Å². The molecule has 2 N–H and O–H groups in total. The Balaban J connectivity index is 1.96. The quantitative estimate of drug-likeness (QED) is 0.713. The summed E-state index contributed by atoms with van der Waals surface area (Å²) in [7, 11) is 0. The first-order valence-electron chi connectivity index (χ1n) is 6.09. The second kappa shape index (κ2) is 4.29. The minimum absolute atomic E-state index is 0.0198. The number of amides is 1. The smallest absolute Gasteiger partial charge is 0.318 e. The predicted octanol–water partition coefficient (Wildman–Crippen LogP) is 0.781. The molecule has 2 aliphatic rings. The molecule has 1 aliphatic carbocycles. The van der Waals surface area contributed by atoms with Crippen LogP contribution in [0.25, 0.3) is 0 Å². The fourth-order valence-corrected chi connectivity index (χ4v) is 2.10. The van der Waals surface area contributed by atoms with Crippen molar-refractivity contribution in [3.63, 3.8) is 0 Å². The van der Waals surface area contributed by atoms with E-state index in [0.717, 1.165) is 19.3 Å². The van der Waals surface area contributed by atoms with Gasteiger partial charge in [-0.05, 0) is 39.0 Å². The first-order valence-corrected chi connectivity index (χ1v) is 6.09. The highest BCUT2D eigenvalue weighted by atomic mass is 16.5. The van der Waals surface area contributed by atoms with Crippen molar-refractivity contribution in [1.29, 1.82) is 0 Å². The Bertz CT molecular complexity index is 335. The Labute approximate surface area is 101 Å². The van der Waals surface area contributed by atoms with Crippen LogP contribution in [0.15, 0.2) is 0 Å². The van der Waals surface area contributed by atoms with Gasteiger partial charge in [0.2, 0.25) is 5.91 Å². The van der Waals surface area contributed by atoms with Crippen molar-refractivity contribution in [1.82, 2.24) is 5.32 Å². The molecule has 2 fully saturated rings. The lowest BCUT2D eigenvalue weighted by Gasteiger charge is -2.24. The summed E-state index contributed by atoms with van der Waals surface area (Å²) in [5.41, 5.74) is -1.38. The maximum atomic E-state index is 11.9. The molecule has 0 aromatic heterocycles. The molecule has 17 heavy (non-hydrogen) atoms. The lowest BCUT2D eigenvalue weighted by atomic mass is 9.91. The van der Waals surface area contributed by atoms with Crippen molar-refractivity contribution in [3.05, 3.63) is 0 Å². The summed E-state index contributed by atoms with van der Waals surface area (Å²) < 4.78 is 5.60. The summed E-state index contributed by atoms with van der Waals surface area (Å²) in [4.78, 5) is 22.9. The first-order chi connectivity index (χ1) is 7.93. The van der Waals surface area contributed by atoms with Crippen molar-refractivity contribution in [2.45, 2.75) is 45.3 Å². The van der Waals surface area contributed by atoms with Crippen molar-refractivity contribution >= 4 is 11.9 Å². The van der Waals surface area contributed by atoms with E-state index in [1.165, 1.54) is 13.8 Å². The van der Waals surface area contributed by atoms with E-state index >= 15 is 0 Å². The molecule has 1 heterocycles. The Morgan fingerprint density at radius 1 is 1.29 bits per heavy atom. The normalized spacial score (nSPS) is 29.1. The first kappa shape index (κ1) is 12.4. The Hall–Kier alpha value is -1.10. The number of carbonyl (C=O) groups excluding carboxylic acids is 1. The average molecular weight is 241 g/mol. The molecule has 2 unspecified atom stereocenters. The van der Waals surface area contributed by atoms with Crippen LogP contribution in [0.2, 0.25) is 0 Å². The third-order valence-corrected chi connectivity index (χ3v) is 3.64. The highest BCUT2D eigenvalue weighted by Gasteiger charge is 2.44. The van der Waals surface area contributed by atoms with E-state index in [0.29, 0.717) is 12.5 Å². The molecule has 0 radical (unpaired) electrons. The van der Waals surface area contributed by atoms with Crippen LogP contribution in [-0.2, 0) is 14.3 Å². The minimum Gasteiger partial charge on any atom is -0.480 e.